The van der Waals surface area contributed by atoms with Gasteiger partial charge in [-0.15, -0.1) is 0 Å². The van der Waals surface area contributed by atoms with Crippen LogP contribution in [0.5, 0.6) is 5.75 Å². The molecule has 1 heterocycles. The monoisotopic (exact) mass is 349 g/mol. The van der Waals surface area contributed by atoms with E-state index in [1.165, 1.54) is 6.07 Å². The summed E-state index contributed by atoms with van der Waals surface area (Å²) in [5.41, 5.74) is 0.344. The van der Waals surface area contributed by atoms with Crippen molar-refractivity contribution in [1.29, 1.82) is 0 Å². The van der Waals surface area contributed by atoms with Gasteiger partial charge in [0.25, 0.3) is 0 Å². The second kappa shape index (κ2) is 6.11. The van der Waals surface area contributed by atoms with Crippen molar-refractivity contribution in [2.24, 2.45) is 0 Å². The lowest BCUT2D eigenvalue weighted by Gasteiger charge is -2.22. The van der Waals surface area contributed by atoms with E-state index < -0.39 is 10.0 Å². The first-order valence-electron chi connectivity index (χ1n) is 6.07. The second-order valence-corrected chi connectivity index (χ2v) is 7.16. The molecule has 1 fully saturated rings. The summed E-state index contributed by atoms with van der Waals surface area (Å²) in [7, 11) is -3.47. The zero-order valence-corrected chi connectivity index (χ0v) is 12.7. The molecule has 1 saturated heterocycles. The van der Waals surface area contributed by atoms with E-state index in [4.69, 9.17) is 4.74 Å². The highest BCUT2D eigenvalue weighted by Crippen LogP contribution is 2.27. The zero-order chi connectivity index (χ0) is 13.9. The van der Waals surface area contributed by atoms with Crippen molar-refractivity contribution in [2.75, 3.05) is 17.1 Å². The Kier molecular flexibility index (Phi) is 4.70. The van der Waals surface area contributed by atoms with Crippen LogP contribution in [-0.4, -0.2) is 32.0 Å². The number of ether oxygens (including phenoxy) is 1. The van der Waals surface area contributed by atoms with Gasteiger partial charge in [0, 0.05) is 12.7 Å². The molecule has 0 aliphatic carbocycles. The average molecular weight is 350 g/mol. The summed E-state index contributed by atoms with van der Waals surface area (Å²) in [6.45, 7) is 0.624. The van der Waals surface area contributed by atoms with E-state index in [9.17, 15) is 13.5 Å². The number of hydrogen-bond donors (Lipinski definition) is 2. The van der Waals surface area contributed by atoms with E-state index in [0.29, 0.717) is 16.8 Å². The minimum absolute atomic E-state index is 0.00545. The molecular weight excluding hydrogens is 334 g/mol. The summed E-state index contributed by atoms with van der Waals surface area (Å²) in [6.07, 6.45) is 2.52. The van der Waals surface area contributed by atoms with Crippen LogP contribution in [0.25, 0.3) is 0 Å². The second-order valence-electron chi connectivity index (χ2n) is 4.54. The topological polar surface area (TPSA) is 75.6 Å². The van der Waals surface area contributed by atoms with E-state index in [1.54, 1.807) is 12.1 Å². The number of rotatable bonds is 4. The molecule has 1 aliphatic rings. The van der Waals surface area contributed by atoms with Gasteiger partial charge in [-0.2, -0.15) is 0 Å². The van der Waals surface area contributed by atoms with Crippen LogP contribution in [0.4, 0.5) is 5.69 Å². The number of anilines is 1. The Balaban J connectivity index is 2.01. The van der Waals surface area contributed by atoms with E-state index in [1.807, 2.05) is 0 Å². The molecule has 1 aliphatic heterocycles. The number of phenolic OH excluding ortho intramolecular Hbond substituents is 1. The maximum atomic E-state index is 12.0. The summed E-state index contributed by atoms with van der Waals surface area (Å²) in [4.78, 5) is 0. The van der Waals surface area contributed by atoms with Gasteiger partial charge in [-0.3, -0.25) is 4.72 Å². The molecule has 0 saturated carbocycles. The van der Waals surface area contributed by atoms with Gasteiger partial charge in [0.1, 0.15) is 5.75 Å². The fraction of sp³-hybridized carbons (Fsp3) is 0.500. The van der Waals surface area contributed by atoms with Crippen molar-refractivity contribution in [3.63, 3.8) is 0 Å². The Hall–Kier alpha value is -0.790. The molecular formula is C12H16BrNO4S. The number of benzene rings is 1. The van der Waals surface area contributed by atoms with E-state index in [-0.39, 0.29) is 17.6 Å². The molecule has 0 amide bonds. The predicted octanol–water partition coefficient (Wildman–Crippen LogP) is 2.47. The van der Waals surface area contributed by atoms with Gasteiger partial charge in [0.2, 0.25) is 10.0 Å². The summed E-state index contributed by atoms with van der Waals surface area (Å²) in [5.74, 6) is -0.0572. The minimum Gasteiger partial charge on any atom is -0.507 e. The molecule has 1 aromatic carbocycles. The van der Waals surface area contributed by atoms with Gasteiger partial charge in [0.05, 0.1) is 22.0 Å². The van der Waals surface area contributed by atoms with Gasteiger partial charge in [0.15, 0.2) is 0 Å². The first-order valence-corrected chi connectivity index (χ1v) is 8.51. The summed E-state index contributed by atoms with van der Waals surface area (Å²) >= 11 is 3.14. The molecule has 5 nitrogen and oxygen atoms in total. The van der Waals surface area contributed by atoms with Crippen LogP contribution < -0.4 is 4.72 Å². The predicted molar refractivity (Wildman–Crippen MR) is 76.8 cm³/mol. The Morgan fingerprint density at radius 1 is 1.42 bits per heavy atom. The molecule has 106 valence electrons. The Labute approximate surface area is 121 Å². The van der Waals surface area contributed by atoms with E-state index in [2.05, 4.69) is 20.7 Å². The molecule has 0 radical (unpaired) electrons. The Morgan fingerprint density at radius 3 is 2.84 bits per heavy atom. The standard InChI is InChI=1S/C12H16BrNO4S/c13-11-5-4-9(7-12(11)15)14-19(16,17)8-10-3-1-2-6-18-10/h4-5,7,10,14-15H,1-3,6,8H2/t10-/m1/s1. The van der Waals surface area contributed by atoms with Gasteiger partial charge in [-0.25, -0.2) is 8.42 Å². The molecule has 2 N–H and O–H groups in total. The zero-order valence-electron chi connectivity index (χ0n) is 10.3. The highest BCUT2D eigenvalue weighted by molar-refractivity contribution is 9.10. The fourth-order valence-corrected chi connectivity index (χ4v) is 3.55. The van der Waals surface area contributed by atoms with Crippen molar-refractivity contribution < 1.29 is 18.3 Å². The fourth-order valence-electron chi connectivity index (χ4n) is 1.98. The van der Waals surface area contributed by atoms with Gasteiger partial charge in [-0.1, -0.05) is 0 Å². The average Bonchev–Trinajstić information content (AvgIpc) is 2.34. The lowest BCUT2D eigenvalue weighted by molar-refractivity contribution is 0.0306. The highest BCUT2D eigenvalue weighted by atomic mass is 79.9. The maximum absolute atomic E-state index is 12.0. The van der Waals surface area contributed by atoms with Crippen LogP contribution in [0.3, 0.4) is 0 Å². The van der Waals surface area contributed by atoms with E-state index >= 15 is 0 Å². The van der Waals surface area contributed by atoms with Crippen LogP contribution in [0.2, 0.25) is 0 Å². The van der Waals surface area contributed by atoms with E-state index in [0.717, 1.165) is 19.3 Å². The number of phenols is 1. The molecule has 1 aromatic rings. The molecule has 2 rings (SSSR count). The van der Waals surface area contributed by atoms with Crippen LogP contribution in [0, 0.1) is 0 Å². The lowest BCUT2D eigenvalue weighted by Crippen LogP contribution is -2.30. The maximum Gasteiger partial charge on any atom is 0.235 e. The highest BCUT2D eigenvalue weighted by Gasteiger charge is 2.22. The normalized spacial score (nSPS) is 20.2. The Morgan fingerprint density at radius 2 is 2.21 bits per heavy atom. The smallest absolute Gasteiger partial charge is 0.235 e. The molecule has 0 aromatic heterocycles. The van der Waals surface area contributed by atoms with Gasteiger partial charge >= 0.3 is 0 Å². The van der Waals surface area contributed by atoms with Crippen molar-refractivity contribution in [3.8, 4) is 5.75 Å². The van der Waals surface area contributed by atoms with Gasteiger partial charge in [-0.05, 0) is 47.3 Å². The Bertz CT molecular complexity index is 541. The number of nitrogens with one attached hydrogen (secondary N) is 1. The largest absolute Gasteiger partial charge is 0.507 e. The van der Waals surface area contributed by atoms with Crippen LogP contribution in [0.15, 0.2) is 22.7 Å². The van der Waals surface area contributed by atoms with Crippen LogP contribution in [-0.2, 0) is 14.8 Å². The summed E-state index contributed by atoms with van der Waals surface area (Å²) < 4.78 is 32.3. The number of aromatic hydroxyl groups is 1. The molecule has 1 atom stereocenters. The molecule has 0 spiro atoms. The van der Waals surface area contributed by atoms with Crippen LogP contribution >= 0.6 is 15.9 Å². The molecule has 0 bridgehead atoms. The van der Waals surface area contributed by atoms with Crippen molar-refractivity contribution in [1.82, 2.24) is 0 Å². The molecule has 19 heavy (non-hydrogen) atoms. The summed E-state index contributed by atoms with van der Waals surface area (Å²) in [5, 5.41) is 9.51. The van der Waals surface area contributed by atoms with Crippen molar-refractivity contribution >= 4 is 31.6 Å². The lowest BCUT2D eigenvalue weighted by atomic mass is 10.1. The molecule has 0 unspecified atom stereocenters. The van der Waals surface area contributed by atoms with Crippen LogP contribution in [0.1, 0.15) is 19.3 Å². The van der Waals surface area contributed by atoms with Gasteiger partial charge < -0.3 is 9.84 Å². The van der Waals surface area contributed by atoms with Crippen molar-refractivity contribution in [2.45, 2.75) is 25.4 Å². The third-order valence-corrected chi connectivity index (χ3v) is 4.93. The van der Waals surface area contributed by atoms with Crippen molar-refractivity contribution in [3.05, 3.63) is 22.7 Å². The quantitative estimate of drug-likeness (QED) is 0.875. The minimum atomic E-state index is -3.47. The number of hydrogen-bond acceptors (Lipinski definition) is 4. The third-order valence-electron chi connectivity index (χ3n) is 2.90. The number of halogens is 1. The first kappa shape index (κ1) is 14.6. The number of sulfonamides is 1. The molecule has 7 heteroatoms. The first-order chi connectivity index (χ1) is 8.96. The third kappa shape index (κ3) is 4.36. The SMILES string of the molecule is O=S(=O)(C[C@H]1CCCCO1)Nc1ccc(Br)c(O)c1. The summed E-state index contributed by atoms with van der Waals surface area (Å²) in [6, 6.07) is 4.54.